The van der Waals surface area contributed by atoms with Crippen molar-refractivity contribution in [3.8, 4) is 11.5 Å². The molecule has 7 heteroatoms. The van der Waals surface area contributed by atoms with Gasteiger partial charge in [-0.3, -0.25) is 4.79 Å². The predicted molar refractivity (Wildman–Crippen MR) is 107 cm³/mol. The first-order valence-electron chi connectivity index (χ1n) is 9.28. The van der Waals surface area contributed by atoms with E-state index in [1.807, 2.05) is 25.1 Å². The maximum atomic E-state index is 13.2. The fourth-order valence-corrected chi connectivity index (χ4v) is 4.06. The molecular formula is C21H25ClFN2O3+. The summed E-state index contributed by atoms with van der Waals surface area (Å²) in [4.78, 5) is 14.0. The van der Waals surface area contributed by atoms with Gasteiger partial charge in [0.05, 0.1) is 37.0 Å². The molecule has 1 heterocycles. The molecule has 1 saturated heterocycles. The molecule has 3 atom stereocenters. The maximum Gasteiger partial charge on any atom is 0.282 e. The number of methoxy groups -OCH3 is 2. The lowest BCUT2D eigenvalue weighted by molar-refractivity contribution is -0.932. The van der Waals surface area contributed by atoms with Crippen LogP contribution in [0.2, 0.25) is 5.02 Å². The maximum absolute atomic E-state index is 13.2. The third-order valence-electron chi connectivity index (χ3n) is 5.36. The first kappa shape index (κ1) is 20.4. The van der Waals surface area contributed by atoms with Crippen LogP contribution < -0.4 is 19.7 Å². The number of anilines is 1. The van der Waals surface area contributed by atoms with E-state index in [0.717, 1.165) is 36.4 Å². The molecule has 2 aromatic carbocycles. The van der Waals surface area contributed by atoms with Crippen LogP contribution in [0, 0.1) is 5.82 Å². The molecule has 2 N–H and O–H groups in total. The van der Waals surface area contributed by atoms with Gasteiger partial charge in [-0.1, -0.05) is 11.6 Å². The molecule has 1 aliphatic rings. The summed E-state index contributed by atoms with van der Waals surface area (Å²) < 4.78 is 24.1. The molecule has 1 amide bonds. The first-order valence-corrected chi connectivity index (χ1v) is 9.65. The number of hydrogen-bond acceptors (Lipinski definition) is 3. The molecule has 1 fully saturated rings. The van der Waals surface area contributed by atoms with E-state index in [0.29, 0.717) is 5.69 Å². The summed E-state index contributed by atoms with van der Waals surface area (Å²) in [5, 5.41) is 3.01. The van der Waals surface area contributed by atoms with Gasteiger partial charge in [-0.15, -0.1) is 0 Å². The van der Waals surface area contributed by atoms with Crippen molar-refractivity contribution in [2.45, 2.75) is 31.8 Å². The summed E-state index contributed by atoms with van der Waals surface area (Å²) in [7, 11) is 3.26. The van der Waals surface area contributed by atoms with Crippen molar-refractivity contribution in [1.29, 1.82) is 0 Å². The SMILES string of the molecule is COc1ccc([C@H]2CCC[NH+]2[C@@H](C)C(=O)Nc2ccc(F)cc2Cl)c(OC)c1. The van der Waals surface area contributed by atoms with E-state index in [-0.39, 0.29) is 23.0 Å². The normalized spacial score (nSPS) is 19.9. The summed E-state index contributed by atoms with van der Waals surface area (Å²) >= 11 is 6.04. The van der Waals surface area contributed by atoms with E-state index in [1.54, 1.807) is 14.2 Å². The highest BCUT2D eigenvalue weighted by molar-refractivity contribution is 6.33. The van der Waals surface area contributed by atoms with Gasteiger partial charge in [-0.2, -0.15) is 0 Å². The van der Waals surface area contributed by atoms with Gasteiger partial charge in [-0.25, -0.2) is 4.39 Å². The number of ether oxygens (including phenoxy) is 2. The minimum absolute atomic E-state index is 0.144. The molecule has 150 valence electrons. The Bertz CT molecular complexity index is 862. The third-order valence-corrected chi connectivity index (χ3v) is 5.67. The van der Waals surface area contributed by atoms with Crippen molar-refractivity contribution in [2.24, 2.45) is 0 Å². The molecule has 0 radical (unpaired) electrons. The van der Waals surface area contributed by atoms with Crippen molar-refractivity contribution in [3.05, 3.63) is 52.8 Å². The first-order chi connectivity index (χ1) is 13.4. The molecule has 2 aromatic rings. The number of halogens is 2. The molecule has 28 heavy (non-hydrogen) atoms. The highest BCUT2D eigenvalue weighted by atomic mass is 35.5. The van der Waals surface area contributed by atoms with Gasteiger partial charge in [0.2, 0.25) is 0 Å². The number of benzene rings is 2. The summed E-state index contributed by atoms with van der Waals surface area (Å²) in [6.45, 7) is 2.78. The van der Waals surface area contributed by atoms with Crippen molar-refractivity contribution < 1.29 is 23.6 Å². The monoisotopic (exact) mass is 407 g/mol. The van der Waals surface area contributed by atoms with Crippen LogP contribution in [0.15, 0.2) is 36.4 Å². The van der Waals surface area contributed by atoms with Gasteiger partial charge in [0.1, 0.15) is 23.4 Å². The Morgan fingerprint density at radius 3 is 2.71 bits per heavy atom. The van der Waals surface area contributed by atoms with Crippen LogP contribution in [0.1, 0.15) is 31.4 Å². The summed E-state index contributed by atoms with van der Waals surface area (Å²) in [5.41, 5.74) is 1.48. The van der Waals surface area contributed by atoms with E-state index in [4.69, 9.17) is 21.1 Å². The van der Waals surface area contributed by atoms with E-state index in [2.05, 4.69) is 5.32 Å². The van der Waals surface area contributed by atoms with Crippen LogP contribution in [-0.4, -0.2) is 32.7 Å². The molecule has 1 aliphatic heterocycles. The quantitative estimate of drug-likeness (QED) is 0.773. The molecule has 0 aliphatic carbocycles. The number of carbonyl (C=O) groups is 1. The van der Waals surface area contributed by atoms with Crippen LogP contribution in [0.5, 0.6) is 11.5 Å². The summed E-state index contributed by atoms with van der Waals surface area (Å²) in [6, 6.07) is 9.58. The lowest BCUT2D eigenvalue weighted by Crippen LogP contribution is -3.15. The van der Waals surface area contributed by atoms with Crippen LogP contribution in [0.3, 0.4) is 0 Å². The zero-order valence-corrected chi connectivity index (χ0v) is 17.0. The van der Waals surface area contributed by atoms with Crippen molar-refractivity contribution in [1.82, 2.24) is 0 Å². The van der Waals surface area contributed by atoms with Crippen LogP contribution in [-0.2, 0) is 4.79 Å². The van der Waals surface area contributed by atoms with E-state index >= 15 is 0 Å². The van der Waals surface area contributed by atoms with Crippen LogP contribution in [0.4, 0.5) is 10.1 Å². The molecule has 5 nitrogen and oxygen atoms in total. The standard InChI is InChI=1S/C21H24ClFN2O3/c1-13(21(26)24-18-9-6-14(23)11-17(18)22)25-10-4-5-19(25)16-8-7-15(27-2)12-20(16)28-3/h6-9,11-13,19H,4-5,10H2,1-3H3,(H,24,26)/p+1/t13-,19+/m0/s1. The molecule has 0 bridgehead atoms. The second kappa shape index (κ2) is 8.80. The Balaban J connectivity index is 1.79. The van der Waals surface area contributed by atoms with E-state index in [9.17, 15) is 9.18 Å². The van der Waals surface area contributed by atoms with Gasteiger partial charge < -0.3 is 19.7 Å². The lowest BCUT2D eigenvalue weighted by Gasteiger charge is -2.28. The Kier molecular flexibility index (Phi) is 6.42. The van der Waals surface area contributed by atoms with Gasteiger partial charge >= 0.3 is 0 Å². The second-order valence-electron chi connectivity index (χ2n) is 6.96. The van der Waals surface area contributed by atoms with Gasteiger partial charge in [-0.05, 0) is 37.3 Å². The summed E-state index contributed by atoms with van der Waals surface area (Å²) in [5.74, 6) is 0.908. The van der Waals surface area contributed by atoms with Gasteiger partial charge in [0.25, 0.3) is 5.91 Å². The van der Waals surface area contributed by atoms with Crippen LogP contribution in [0.25, 0.3) is 0 Å². The zero-order chi connectivity index (χ0) is 20.3. The summed E-state index contributed by atoms with van der Waals surface area (Å²) in [6.07, 6.45) is 1.98. The highest BCUT2D eigenvalue weighted by Crippen LogP contribution is 2.32. The number of likely N-dealkylation sites (tertiary alicyclic amines) is 1. The van der Waals surface area contributed by atoms with Crippen molar-refractivity contribution in [3.63, 3.8) is 0 Å². The Labute approximate surface area is 169 Å². The topological polar surface area (TPSA) is 52.0 Å². The zero-order valence-electron chi connectivity index (χ0n) is 16.2. The number of rotatable bonds is 6. The molecular weight excluding hydrogens is 383 g/mol. The van der Waals surface area contributed by atoms with E-state index < -0.39 is 5.82 Å². The molecule has 0 aromatic heterocycles. The Morgan fingerprint density at radius 2 is 2.04 bits per heavy atom. The Hall–Kier alpha value is -2.31. The smallest absolute Gasteiger partial charge is 0.282 e. The van der Waals surface area contributed by atoms with Gasteiger partial charge in [0.15, 0.2) is 6.04 Å². The number of quaternary nitrogens is 1. The molecule has 3 rings (SSSR count). The molecule has 1 unspecified atom stereocenters. The fourth-order valence-electron chi connectivity index (χ4n) is 3.85. The van der Waals surface area contributed by atoms with Crippen molar-refractivity contribution in [2.75, 3.05) is 26.1 Å². The van der Waals surface area contributed by atoms with Gasteiger partial charge in [0, 0.05) is 18.9 Å². The largest absolute Gasteiger partial charge is 0.497 e. The van der Waals surface area contributed by atoms with Crippen molar-refractivity contribution >= 4 is 23.2 Å². The van der Waals surface area contributed by atoms with Crippen LogP contribution >= 0.6 is 11.6 Å². The number of amides is 1. The lowest BCUT2D eigenvalue weighted by atomic mass is 10.0. The number of carbonyl (C=O) groups excluding carboxylic acids is 1. The molecule has 0 saturated carbocycles. The Morgan fingerprint density at radius 1 is 1.25 bits per heavy atom. The number of hydrogen-bond donors (Lipinski definition) is 2. The molecule has 0 spiro atoms. The third kappa shape index (κ3) is 4.23. The average Bonchev–Trinajstić information content (AvgIpc) is 3.18. The second-order valence-corrected chi connectivity index (χ2v) is 7.37. The minimum atomic E-state index is -0.437. The highest BCUT2D eigenvalue weighted by Gasteiger charge is 2.38. The average molecular weight is 408 g/mol. The van der Waals surface area contributed by atoms with E-state index in [1.165, 1.54) is 23.1 Å². The number of nitrogens with one attached hydrogen (secondary N) is 2. The minimum Gasteiger partial charge on any atom is -0.497 e. The fraction of sp³-hybridized carbons (Fsp3) is 0.381. The predicted octanol–water partition coefficient (Wildman–Crippen LogP) is 3.24.